The third-order valence-corrected chi connectivity index (χ3v) is 5.77. The molecular weight excluding hydrogens is 356 g/mol. The van der Waals surface area contributed by atoms with Gasteiger partial charge >= 0.3 is 0 Å². The molecule has 0 saturated carbocycles. The van der Waals surface area contributed by atoms with Crippen molar-refractivity contribution in [2.24, 2.45) is 0 Å². The molecule has 0 heterocycles. The first-order valence-electron chi connectivity index (χ1n) is 10.2. The van der Waals surface area contributed by atoms with Crippen LogP contribution in [-0.2, 0) is 25.7 Å². The predicted molar refractivity (Wildman–Crippen MR) is 120 cm³/mol. The molecule has 0 fully saturated rings. The standard InChI is InChI=1S/C27H28O2/c1-19-7-9-20(10-8-19)11-13-22-5-4-6-23-14-15-24(27(22)23)17-21-12-16-25(28-2)26(18-21)29-3/h4-10,12,15-16,18H,11,13-14,17H2,1-3H3. The Hall–Kier alpha value is -3.00. The Bertz CT molecular complexity index is 1030. The number of aryl methyl sites for hydroxylation is 3. The van der Waals surface area contributed by atoms with Gasteiger partial charge in [-0.25, -0.2) is 0 Å². The van der Waals surface area contributed by atoms with E-state index in [1.165, 1.54) is 39.0 Å². The number of hydrogen-bond acceptors (Lipinski definition) is 2. The quantitative estimate of drug-likeness (QED) is 0.499. The van der Waals surface area contributed by atoms with Crippen LogP contribution in [0.1, 0.15) is 33.4 Å². The van der Waals surface area contributed by atoms with E-state index in [1.54, 1.807) is 14.2 Å². The van der Waals surface area contributed by atoms with Crippen molar-refractivity contribution >= 4 is 5.57 Å². The molecule has 2 heteroatoms. The van der Waals surface area contributed by atoms with Crippen molar-refractivity contribution in [1.29, 1.82) is 0 Å². The lowest BCUT2D eigenvalue weighted by Crippen LogP contribution is -2.00. The normalized spacial score (nSPS) is 12.4. The highest BCUT2D eigenvalue weighted by Gasteiger charge is 2.18. The van der Waals surface area contributed by atoms with E-state index in [0.29, 0.717) is 0 Å². The Labute approximate surface area is 173 Å². The molecule has 0 spiro atoms. The van der Waals surface area contributed by atoms with Crippen molar-refractivity contribution < 1.29 is 9.47 Å². The highest BCUT2D eigenvalue weighted by atomic mass is 16.5. The van der Waals surface area contributed by atoms with Crippen LogP contribution in [0.3, 0.4) is 0 Å². The van der Waals surface area contributed by atoms with Crippen molar-refractivity contribution in [3.8, 4) is 11.5 Å². The predicted octanol–water partition coefficient (Wildman–Crippen LogP) is 5.98. The van der Waals surface area contributed by atoms with E-state index in [2.05, 4.69) is 67.6 Å². The van der Waals surface area contributed by atoms with E-state index >= 15 is 0 Å². The van der Waals surface area contributed by atoms with Gasteiger partial charge < -0.3 is 9.47 Å². The van der Waals surface area contributed by atoms with Crippen LogP contribution < -0.4 is 9.47 Å². The van der Waals surface area contributed by atoms with Gasteiger partial charge in [0.2, 0.25) is 0 Å². The third-order valence-electron chi connectivity index (χ3n) is 5.77. The van der Waals surface area contributed by atoms with Gasteiger partial charge in [-0.3, -0.25) is 0 Å². The fourth-order valence-corrected chi connectivity index (χ4v) is 4.18. The minimum absolute atomic E-state index is 0.774. The maximum atomic E-state index is 5.49. The van der Waals surface area contributed by atoms with Crippen molar-refractivity contribution in [3.05, 3.63) is 100 Å². The smallest absolute Gasteiger partial charge is 0.160 e. The minimum atomic E-state index is 0.774. The van der Waals surface area contributed by atoms with Crippen LogP contribution in [0.25, 0.3) is 5.57 Å². The van der Waals surface area contributed by atoms with Crippen LogP contribution >= 0.6 is 0 Å². The van der Waals surface area contributed by atoms with Gasteiger partial charge in [0.15, 0.2) is 11.5 Å². The van der Waals surface area contributed by atoms with Crippen LogP contribution in [-0.4, -0.2) is 14.2 Å². The monoisotopic (exact) mass is 384 g/mol. The molecule has 0 bridgehead atoms. The van der Waals surface area contributed by atoms with E-state index in [0.717, 1.165) is 37.2 Å². The van der Waals surface area contributed by atoms with Crippen molar-refractivity contribution in [1.82, 2.24) is 0 Å². The van der Waals surface area contributed by atoms with Crippen LogP contribution in [0, 0.1) is 6.92 Å². The third kappa shape index (κ3) is 4.22. The number of hydrogen-bond donors (Lipinski definition) is 0. The molecule has 0 unspecified atom stereocenters. The topological polar surface area (TPSA) is 18.5 Å². The molecule has 2 nitrogen and oxygen atoms in total. The molecule has 1 aliphatic carbocycles. The second kappa shape index (κ2) is 8.57. The first-order chi connectivity index (χ1) is 14.2. The maximum Gasteiger partial charge on any atom is 0.160 e. The molecule has 0 aromatic heterocycles. The number of benzene rings is 3. The summed E-state index contributed by atoms with van der Waals surface area (Å²) in [4.78, 5) is 0. The zero-order valence-electron chi connectivity index (χ0n) is 17.5. The molecule has 0 saturated heterocycles. The molecule has 3 aromatic carbocycles. The molecule has 148 valence electrons. The summed E-state index contributed by atoms with van der Waals surface area (Å²) in [5.41, 5.74) is 9.73. The summed E-state index contributed by atoms with van der Waals surface area (Å²) in [5, 5.41) is 0. The first kappa shape index (κ1) is 19.3. The Morgan fingerprint density at radius 3 is 2.31 bits per heavy atom. The Morgan fingerprint density at radius 2 is 1.55 bits per heavy atom. The van der Waals surface area contributed by atoms with Gasteiger partial charge in [-0.2, -0.15) is 0 Å². The maximum absolute atomic E-state index is 5.49. The van der Waals surface area contributed by atoms with Crippen molar-refractivity contribution in [3.63, 3.8) is 0 Å². The van der Waals surface area contributed by atoms with Gasteiger partial charge in [0, 0.05) is 0 Å². The van der Waals surface area contributed by atoms with Crippen LogP contribution in [0.5, 0.6) is 11.5 Å². The van der Waals surface area contributed by atoms with Gasteiger partial charge in [0.25, 0.3) is 0 Å². The van der Waals surface area contributed by atoms with E-state index in [-0.39, 0.29) is 0 Å². The Morgan fingerprint density at radius 1 is 0.793 bits per heavy atom. The van der Waals surface area contributed by atoms with Gasteiger partial charge in [0.05, 0.1) is 14.2 Å². The Balaban J connectivity index is 1.55. The van der Waals surface area contributed by atoms with Crippen LogP contribution in [0.15, 0.2) is 66.7 Å². The SMILES string of the molecule is COc1ccc(CC2=CCc3cccc(CCc4ccc(C)cc4)c32)cc1OC. The molecule has 0 atom stereocenters. The molecule has 0 radical (unpaired) electrons. The largest absolute Gasteiger partial charge is 0.493 e. The number of fused-ring (bicyclic) bond motifs is 1. The molecule has 0 aliphatic heterocycles. The number of methoxy groups -OCH3 is 2. The zero-order valence-corrected chi connectivity index (χ0v) is 17.5. The fourth-order valence-electron chi connectivity index (χ4n) is 4.18. The highest BCUT2D eigenvalue weighted by Crippen LogP contribution is 2.35. The van der Waals surface area contributed by atoms with Gasteiger partial charge in [-0.05, 0) is 78.1 Å². The van der Waals surface area contributed by atoms with E-state index < -0.39 is 0 Å². The van der Waals surface area contributed by atoms with Gasteiger partial charge in [0.1, 0.15) is 0 Å². The van der Waals surface area contributed by atoms with Crippen LogP contribution in [0.2, 0.25) is 0 Å². The molecule has 0 amide bonds. The molecular formula is C27H28O2. The summed E-state index contributed by atoms with van der Waals surface area (Å²) in [6.45, 7) is 2.14. The minimum Gasteiger partial charge on any atom is -0.493 e. The Kier molecular flexibility index (Phi) is 5.71. The summed E-state index contributed by atoms with van der Waals surface area (Å²) < 4.78 is 10.9. The molecule has 3 aromatic rings. The average Bonchev–Trinajstić information content (AvgIpc) is 3.16. The summed E-state index contributed by atoms with van der Waals surface area (Å²) in [6, 6.07) is 21.9. The summed E-state index contributed by atoms with van der Waals surface area (Å²) in [6.07, 6.45) is 6.46. The van der Waals surface area contributed by atoms with E-state index in [4.69, 9.17) is 9.47 Å². The molecule has 0 N–H and O–H groups in total. The molecule has 4 rings (SSSR count). The number of rotatable bonds is 7. The molecule has 1 aliphatic rings. The zero-order chi connectivity index (χ0) is 20.2. The van der Waals surface area contributed by atoms with Gasteiger partial charge in [-0.1, -0.05) is 60.2 Å². The summed E-state index contributed by atoms with van der Waals surface area (Å²) in [7, 11) is 3.36. The lowest BCUT2D eigenvalue weighted by atomic mass is 9.91. The molecule has 29 heavy (non-hydrogen) atoms. The summed E-state index contributed by atoms with van der Waals surface area (Å²) in [5.74, 6) is 1.56. The van der Waals surface area contributed by atoms with E-state index in [9.17, 15) is 0 Å². The van der Waals surface area contributed by atoms with Crippen LogP contribution in [0.4, 0.5) is 0 Å². The van der Waals surface area contributed by atoms with Crippen molar-refractivity contribution in [2.45, 2.75) is 32.6 Å². The summed E-state index contributed by atoms with van der Waals surface area (Å²) >= 11 is 0. The second-order valence-corrected chi connectivity index (χ2v) is 7.74. The van der Waals surface area contributed by atoms with Gasteiger partial charge in [-0.15, -0.1) is 0 Å². The second-order valence-electron chi connectivity index (χ2n) is 7.74. The first-order valence-corrected chi connectivity index (χ1v) is 10.2. The lowest BCUT2D eigenvalue weighted by Gasteiger charge is -2.14. The highest BCUT2D eigenvalue weighted by molar-refractivity contribution is 5.77. The number of allylic oxidation sites excluding steroid dienone is 2. The fraction of sp³-hybridized carbons (Fsp3) is 0.259. The lowest BCUT2D eigenvalue weighted by molar-refractivity contribution is 0.354. The van der Waals surface area contributed by atoms with E-state index in [1.807, 2.05) is 6.07 Å². The average molecular weight is 385 g/mol. The number of ether oxygens (including phenoxy) is 2. The van der Waals surface area contributed by atoms with Crippen molar-refractivity contribution in [2.75, 3.05) is 14.2 Å².